The highest BCUT2D eigenvalue weighted by molar-refractivity contribution is 9.09. The highest BCUT2D eigenvalue weighted by atomic mass is 79.9. The zero-order valence-electron chi connectivity index (χ0n) is 10.4. The van der Waals surface area contributed by atoms with Crippen LogP contribution in [0.1, 0.15) is 30.6 Å². The molecule has 5 heteroatoms. The number of rotatable bonds is 5. The van der Waals surface area contributed by atoms with E-state index in [1.54, 1.807) is 18.2 Å². The number of hydrogen-bond acceptors (Lipinski definition) is 1. The van der Waals surface area contributed by atoms with Gasteiger partial charge in [-0.2, -0.15) is 0 Å². The molecule has 0 fully saturated rings. The zero-order chi connectivity index (χ0) is 13.7. The Balaban J connectivity index is 2.91. The fraction of sp³-hybridized carbons (Fsp3) is 0.462. The first-order valence-electron chi connectivity index (χ1n) is 5.79. The minimum Gasteiger partial charge on any atom is -0.336 e. The van der Waals surface area contributed by atoms with Crippen molar-refractivity contribution in [1.29, 1.82) is 0 Å². The van der Waals surface area contributed by atoms with Crippen LogP contribution >= 0.6 is 39.1 Å². The Labute approximate surface area is 126 Å². The number of halogens is 3. The Hall–Kier alpha value is -0.250. The second-order valence-electron chi connectivity index (χ2n) is 4.26. The lowest BCUT2D eigenvalue weighted by Crippen LogP contribution is -2.37. The summed E-state index contributed by atoms with van der Waals surface area (Å²) in [5.41, 5.74) is 0.577. The van der Waals surface area contributed by atoms with Crippen LogP contribution in [0.2, 0.25) is 10.0 Å². The van der Waals surface area contributed by atoms with E-state index in [2.05, 4.69) is 15.9 Å². The Morgan fingerprint density at radius 2 is 2.00 bits per heavy atom. The van der Waals surface area contributed by atoms with Gasteiger partial charge >= 0.3 is 0 Å². The number of benzene rings is 1. The SMILES string of the molecule is CC(C)N(CCCBr)C(=O)c1ccc(Cl)c(Cl)c1. The molecule has 1 rings (SSSR count). The van der Waals surface area contributed by atoms with Crippen molar-refractivity contribution in [3.05, 3.63) is 33.8 Å². The Kier molecular flexibility index (Phi) is 6.47. The zero-order valence-corrected chi connectivity index (χ0v) is 13.5. The van der Waals surface area contributed by atoms with E-state index >= 15 is 0 Å². The third-order valence-electron chi connectivity index (χ3n) is 2.58. The van der Waals surface area contributed by atoms with Crippen molar-refractivity contribution >= 4 is 45.0 Å². The number of alkyl halides is 1. The molecular weight excluding hydrogens is 337 g/mol. The van der Waals surface area contributed by atoms with Crippen LogP contribution in [0.15, 0.2) is 18.2 Å². The summed E-state index contributed by atoms with van der Waals surface area (Å²) in [7, 11) is 0. The van der Waals surface area contributed by atoms with Gasteiger partial charge in [-0.1, -0.05) is 39.1 Å². The summed E-state index contributed by atoms with van der Waals surface area (Å²) in [6.45, 7) is 4.73. The molecule has 0 aromatic heterocycles. The molecule has 0 bridgehead atoms. The highest BCUT2D eigenvalue weighted by Crippen LogP contribution is 2.23. The van der Waals surface area contributed by atoms with Crippen LogP contribution in [0.25, 0.3) is 0 Å². The van der Waals surface area contributed by atoms with E-state index in [0.717, 1.165) is 18.3 Å². The van der Waals surface area contributed by atoms with E-state index < -0.39 is 0 Å². The molecule has 1 amide bonds. The van der Waals surface area contributed by atoms with Gasteiger partial charge < -0.3 is 4.90 Å². The predicted molar refractivity (Wildman–Crippen MR) is 81.0 cm³/mol. The van der Waals surface area contributed by atoms with Gasteiger partial charge in [-0.3, -0.25) is 4.79 Å². The molecule has 0 atom stereocenters. The smallest absolute Gasteiger partial charge is 0.254 e. The number of hydrogen-bond donors (Lipinski definition) is 0. The molecule has 0 spiro atoms. The second kappa shape index (κ2) is 7.37. The predicted octanol–water partition coefficient (Wildman–Crippen LogP) is 4.63. The van der Waals surface area contributed by atoms with Gasteiger partial charge in [-0.15, -0.1) is 0 Å². The molecule has 1 aromatic carbocycles. The molecule has 0 aliphatic heterocycles. The average Bonchev–Trinajstić information content (AvgIpc) is 2.32. The summed E-state index contributed by atoms with van der Waals surface area (Å²) in [4.78, 5) is 14.2. The minimum absolute atomic E-state index is 0.00971. The molecule has 18 heavy (non-hydrogen) atoms. The molecule has 1 aromatic rings. The van der Waals surface area contributed by atoms with Crippen LogP contribution in [-0.2, 0) is 0 Å². The first-order valence-corrected chi connectivity index (χ1v) is 7.67. The van der Waals surface area contributed by atoms with Gasteiger partial charge in [0.1, 0.15) is 0 Å². The van der Waals surface area contributed by atoms with Crippen molar-refractivity contribution in [2.75, 3.05) is 11.9 Å². The number of amides is 1. The topological polar surface area (TPSA) is 20.3 Å². The van der Waals surface area contributed by atoms with Crippen molar-refractivity contribution in [2.24, 2.45) is 0 Å². The van der Waals surface area contributed by atoms with Crippen molar-refractivity contribution in [3.8, 4) is 0 Å². The standard InChI is InChI=1S/C13H16BrCl2NO/c1-9(2)17(7-3-6-14)13(18)10-4-5-11(15)12(16)8-10/h4-5,8-9H,3,6-7H2,1-2H3. The molecular formula is C13H16BrCl2NO. The average molecular weight is 353 g/mol. The summed E-state index contributed by atoms with van der Waals surface area (Å²) in [6, 6.07) is 5.14. The number of carbonyl (C=O) groups excluding carboxylic acids is 1. The van der Waals surface area contributed by atoms with Crippen molar-refractivity contribution < 1.29 is 4.79 Å². The van der Waals surface area contributed by atoms with E-state index in [-0.39, 0.29) is 11.9 Å². The van der Waals surface area contributed by atoms with Crippen LogP contribution in [0, 0.1) is 0 Å². The van der Waals surface area contributed by atoms with Crippen LogP contribution in [0.4, 0.5) is 0 Å². The maximum absolute atomic E-state index is 12.4. The first-order chi connectivity index (χ1) is 8.47. The molecule has 0 aliphatic carbocycles. The van der Waals surface area contributed by atoms with E-state index in [1.165, 1.54) is 0 Å². The highest BCUT2D eigenvalue weighted by Gasteiger charge is 2.18. The maximum atomic E-state index is 12.4. The fourth-order valence-electron chi connectivity index (χ4n) is 1.62. The normalized spacial score (nSPS) is 10.8. The third kappa shape index (κ3) is 4.15. The van der Waals surface area contributed by atoms with Gasteiger partial charge in [-0.05, 0) is 38.5 Å². The molecule has 0 heterocycles. The van der Waals surface area contributed by atoms with Gasteiger partial charge in [0.2, 0.25) is 0 Å². The van der Waals surface area contributed by atoms with Crippen LogP contribution in [0.3, 0.4) is 0 Å². The van der Waals surface area contributed by atoms with Gasteiger partial charge in [0.05, 0.1) is 10.0 Å². The van der Waals surface area contributed by atoms with Crippen molar-refractivity contribution in [1.82, 2.24) is 4.90 Å². The van der Waals surface area contributed by atoms with E-state index in [1.807, 2.05) is 18.7 Å². The van der Waals surface area contributed by atoms with E-state index in [9.17, 15) is 4.79 Å². The number of nitrogens with zero attached hydrogens (tertiary/aromatic N) is 1. The van der Waals surface area contributed by atoms with E-state index in [4.69, 9.17) is 23.2 Å². The molecule has 100 valence electrons. The quantitative estimate of drug-likeness (QED) is 0.707. The van der Waals surface area contributed by atoms with Crippen LogP contribution in [0.5, 0.6) is 0 Å². The lowest BCUT2D eigenvalue weighted by atomic mass is 10.1. The molecule has 0 aliphatic rings. The summed E-state index contributed by atoms with van der Waals surface area (Å²) < 4.78 is 0. The van der Waals surface area contributed by atoms with Crippen LogP contribution in [-0.4, -0.2) is 28.7 Å². The van der Waals surface area contributed by atoms with Crippen LogP contribution < -0.4 is 0 Å². The molecule has 0 radical (unpaired) electrons. The molecule has 0 saturated carbocycles. The summed E-state index contributed by atoms with van der Waals surface area (Å²) in [6.07, 6.45) is 0.922. The second-order valence-corrected chi connectivity index (χ2v) is 5.87. The molecule has 2 nitrogen and oxygen atoms in total. The maximum Gasteiger partial charge on any atom is 0.254 e. The van der Waals surface area contributed by atoms with Crippen molar-refractivity contribution in [3.63, 3.8) is 0 Å². The summed E-state index contributed by atoms with van der Waals surface area (Å²) in [5, 5.41) is 1.75. The van der Waals surface area contributed by atoms with E-state index in [0.29, 0.717) is 15.6 Å². The first kappa shape index (κ1) is 15.8. The van der Waals surface area contributed by atoms with Crippen molar-refractivity contribution in [2.45, 2.75) is 26.3 Å². The summed E-state index contributed by atoms with van der Waals surface area (Å²) >= 11 is 15.2. The number of carbonyl (C=O) groups is 1. The fourth-order valence-corrected chi connectivity index (χ4v) is 2.17. The monoisotopic (exact) mass is 351 g/mol. The third-order valence-corrected chi connectivity index (χ3v) is 3.88. The molecule has 0 N–H and O–H groups in total. The minimum atomic E-state index is -0.00971. The Bertz CT molecular complexity index is 423. The summed E-state index contributed by atoms with van der Waals surface area (Å²) in [5.74, 6) is -0.00971. The van der Waals surface area contributed by atoms with Gasteiger partial charge in [0, 0.05) is 23.5 Å². The Morgan fingerprint density at radius 3 is 2.50 bits per heavy atom. The van der Waals surface area contributed by atoms with Gasteiger partial charge in [0.25, 0.3) is 5.91 Å². The molecule has 0 unspecified atom stereocenters. The Morgan fingerprint density at radius 1 is 1.33 bits per heavy atom. The van der Waals surface area contributed by atoms with Gasteiger partial charge in [-0.25, -0.2) is 0 Å². The largest absolute Gasteiger partial charge is 0.336 e. The lowest BCUT2D eigenvalue weighted by Gasteiger charge is -2.26. The van der Waals surface area contributed by atoms with Gasteiger partial charge in [0.15, 0.2) is 0 Å². The lowest BCUT2D eigenvalue weighted by molar-refractivity contribution is 0.0707. The molecule has 0 saturated heterocycles.